The molecule has 1 aromatic carbocycles. The molecule has 2 heterocycles. The Labute approximate surface area is 126 Å². The van der Waals surface area contributed by atoms with E-state index >= 15 is 0 Å². The maximum atomic E-state index is 13.8. The fourth-order valence-corrected chi connectivity index (χ4v) is 2.12. The summed E-state index contributed by atoms with van der Waals surface area (Å²) in [4.78, 5) is 8.31. The van der Waals surface area contributed by atoms with E-state index in [9.17, 15) is 8.78 Å². The van der Waals surface area contributed by atoms with Crippen LogP contribution in [0.5, 0.6) is 11.5 Å². The number of nitrogens with zero attached hydrogens (tertiary/aromatic N) is 2. The van der Waals surface area contributed by atoms with Crippen LogP contribution in [0.4, 0.5) is 14.5 Å². The van der Waals surface area contributed by atoms with E-state index in [-0.39, 0.29) is 17.2 Å². The number of halogens is 3. The first-order valence-electron chi connectivity index (χ1n) is 5.87. The molecule has 4 nitrogen and oxygen atoms in total. The smallest absolute Gasteiger partial charge is 0.167 e. The summed E-state index contributed by atoms with van der Waals surface area (Å²) in [5, 5.41) is 0. The van der Waals surface area contributed by atoms with Crippen LogP contribution < -0.4 is 10.5 Å². The predicted octanol–water partition coefficient (Wildman–Crippen LogP) is 4.05. The number of hydrogen-bond acceptors (Lipinski definition) is 4. The second-order valence-corrected chi connectivity index (χ2v) is 5.15. The van der Waals surface area contributed by atoms with E-state index in [0.717, 1.165) is 16.6 Å². The van der Waals surface area contributed by atoms with Crippen molar-refractivity contribution in [3.8, 4) is 11.5 Å². The minimum atomic E-state index is -0.754. The molecule has 0 unspecified atom stereocenters. The number of fused-ring (bicyclic) bond motifs is 1. The van der Waals surface area contributed by atoms with Crippen molar-refractivity contribution in [2.45, 2.75) is 0 Å². The maximum Gasteiger partial charge on any atom is 0.167 e. The van der Waals surface area contributed by atoms with Crippen LogP contribution in [-0.2, 0) is 0 Å². The zero-order chi connectivity index (χ0) is 15.0. The Morgan fingerprint density at radius 1 is 1.05 bits per heavy atom. The fraction of sp³-hybridized carbons (Fsp3) is 0. The molecule has 0 atom stereocenters. The SMILES string of the molecule is Nc1cc(F)c(Oc2ccnc3cc(Br)cnc23)cc1F. The Hall–Kier alpha value is -2.28. The molecule has 3 rings (SSSR count). The van der Waals surface area contributed by atoms with Crippen molar-refractivity contribution in [1.82, 2.24) is 9.97 Å². The second-order valence-electron chi connectivity index (χ2n) is 4.24. The summed E-state index contributed by atoms with van der Waals surface area (Å²) in [6, 6.07) is 5.04. The van der Waals surface area contributed by atoms with Crippen LogP contribution in [0.15, 0.2) is 41.1 Å². The van der Waals surface area contributed by atoms with Gasteiger partial charge in [0.2, 0.25) is 0 Å². The van der Waals surface area contributed by atoms with Gasteiger partial charge in [-0.1, -0.05) is 0 Å². The molecule has 0 aliphatic rings. The van der Waals surface area contributed by atoms with Gasteiger partial charge in [0.1, 0.15) is 11.3 Å². The summed E-state index contributed by atoms with van der Waals surface area (Å²) in [5.41, 5.74) is 6.03. The topological polar surface area (TPSA) is 61.0 Å². The first kappa shape index (κ1) is 13.7. The number of nitrogens with two attached hydrogens (primary N) is 1. The molecule has 2 aromatic heterocycles. The summed E-state index contributed by atoms with van der Waals surface area (Å²) in [5.74, 6) is -1.49. The van der Waals surface area contributed by atoms with Gasteiger partial charge in [-0.2, -0.15) is 0 Å². The first-order chi connectivity index (χ1) is 10.0. The third kappa shape index (κ3) is 2.64. The lowest BCUT2D eigenvalue weighted by molar-refractivity contribution is 0.440. The standard InChI is InChI=1S/C14H8BrF2N3O/c15-7-3-11-14(20-6-7)12(1-2-19-11)21-13-5-8(16)10(18)4-9(13)17/h1-6H,18H2. The molecule has 0 bridgehead atoms. The van der Waals surface area contributed by atoms with Gasteiger partial charge >= 0.3 is 0 Å². The van der Waals surface area contributed by atoms with Crippen LogP contribution in [0, 0.1) is 11.6 Å². The van der Waals surface area contributed by atoms with Gasteiger partial charge in [0.25, 0.3) is 0 Å². The molecule has 0 spiro atoms. The highest BCUT2D eigenvalue weighted by Crippen LogP contribution is 2.31. The lowest BCUT2D eigenvalue weighted by Gasteiger charge is -2.09. The molecule has 2 N–H and O–H groups in total. The van der Waals surface area contributed by atoms with Gasteiger partial charge < -0.3 is 10.5 Å². The molecule has 0 radical (unpaired) electrons. The summed E-state index contributed by atoms with van der Waals surface area (Å²) in [7, 11) is 0. The molecule has 106 valence electrons. The highest BCUT2D eigenvalue weighted by Gasteiger charge is 2.12. The highest BCUT2D eigenvalue weighted by molar-refractivity contribution is 9.10. The van der Waals surface area contributed by atoms with Gasteiger partial charge in [-0.05, 0) is 22.0 Å². The molecule has 0 amide bonds. The molecule has 3 aromatic rings. The summed E-state index contributed by atoms with van der Waals surface area (Å²) >= 11 is 3.29. The molecule has 0 saturated carbocycles. The zero-order valence-corrected chi connectivity index (χ0v) is 12.1. The molecular formula is C14H8BrF2N3O. The lowest BCUT2D eigenvalue weighted by atomic mass is 10.2. The molecule has 0 aliphatic heterocycles. The number of pyridine rings is 2. The number of hydrogen-bond donors (Lipinski definition) is 1. The molecule has 7 heteroatoms. The number of benzene rings is 1. The summed E-state index contributed by atoms with van der Waals surface area (Å²) in [6.45, 7) is 0. The van der Waals surface area contributed by atoms with Gasteiger partial charge in [0, 0.05) is 35.1 Å². The second kappa shape index (κ2) is 5.25. The first-order valence-corrected chi connectivity index (χ1v) is 6.66. The minimum absolute atomic E-state index is 0.265. The van der Waals surface area contributed by atoms with Crippen molar-refractivity contribution >= 4 is 32.7 Å². The molecule has 21 heavy (non-hydrogen) atoms. The van der Waals surface area contributed by atoms with Crippen molar-refractivity contribution in [3.63, 3.8) is 0 Å². The van der Waals surface area contributed by atoms with E-state index in [1.165, 1.54) is 12.3 Å². The van der Waals surface area contributed by atoms with Gasteiger partial charge in [0.05, 0.1) is 11.2 Å². The Morgan fingerprint density at radius 3 is 2.67 bits per heavy atom. The number of anilines is 1. The predicted molar refractivity (Wildman–Crippen MR) is 78.1 cm³/mol. The third-order valence-electron chi connectivity index (χ3n) is 2.78. The molecule has 0 aliphatic carbocycles. The van der Waals surface area contributed by atoms with E-state index in [0.29, 0.717) is 11.0 Å². The van der Waals surface area contributed by atoms with E-state index in [4.69, 9.17) is 10.5 Å². The fourth-order valence-electron chi connectivity index (χ4n) is 1.80. The average Bonchev–Trinajstić information content (AvgIpc) is 2.44. The maximum absolute atomic E-state index is 13.8. The van der Waals surface area contributed by atoms with Crippen LogP contribution in [0.1, 0.15) is 0 Å². The van der Waals surface area contributed by atoms with E-state index < -0.39 is 11.6 Å². The number of ether oxygens (including phenoxy) is 1. The Morgan fingerprint density at radius 2 is 1.86 bits per heavy atom. The van der Waals surface area contributed by atoms with Crippen molar-refractivity contribution in [1.29, 1.82) is 0 Å². The summed E-state index contributed by atoms with van der Waals surface area (Å²) in [6.07, 6.45) is 3.06. The number of nitrogen functional groups attached to an aromatic ring is 1. The van der Waals surface area contributed by atoms with Crippen LogP contribution in [0.3, 0.4) is 0 Å². The van der Waals surface area contributed by atoms with Crippen molar-refractivity contribution < 1.29 is 13.5 Å². The number of rotatable bonds is 2. The normalized spacial score (nSPS) is 10.8. The minimum Gasteiger partial charge on any atom is -0.452 e. The number of aromatic nitrogens is 2. The Kier molecular flexibility index (Phi) is 3.42. The lowest BCUT2D eigenvalue weighted by Crippen LogP contribution is -1.96. The quantitative estimate of drug-likeness (QED) is 0.707. The monoisotopic (exact) mass is 351 g/mol. The van der Waals surface area contributed by atoms with E-state index in [2.05, 4.69) is 25.9 Å². The zero-order valence-electron chi connectivity index (χ0n) is 10.5. The molecule has 0 fully saturated rings. The largest absolute Gasteiger partial charge is 0.452 e. The van der Waals surface area contributed by atoms with Crippen LogP contribution in [-0.4, -0.2) is 9.97 Å². The van der Waals surface area contributed by atoms with Gasteiger partial charge in [-0.3, -0.25) is 4.98 Å². The molecular weight excluding hydrogens is 344 g/mol. The van der Waals surface area contributed by atoms with Crippen molar-refractivity contribution in [3.05, 3.63) is 52.8 Å². The van der Waals surface area contributed by atoms with Crippen molar-refractivity contribution in [2.24, 2.45) is 0 Å². The Bertz CT molecular complexity index is 842. The Balaban J connectivity index is 2.08. The summed E-state index contributed by atoms with van der Waals surface area (Å²) < 4.78 is 33.4. The molecule has 0 saturated heterocycles. The average molecular weight is 352 g/mol. The highest BCUT2D eigenvalue weighted by atomic mass is 79.9. The van der Waals surface area contributed by atoms with Gasteiger partial charge in [0.15, 0.2) is 17.3 Å². The van der Waals surface area contributed by atoms with Crippen molar-refractivity contribution in [2.75, 3.05) is 5.73 Å². The third-order valence-corrected chi connectivity index (χ3v) is 3.21. The van der Waals surface area contributed by atoms with E-state index in [1.54, 1.807) is 12.3 Å². The van der Waals surface area contributed by atoms with E-state index in [1.807, 2.05) is 0 Å². The van der Waals surface area contributed by atoms with Crippen LogP contribution in [0.2, 0.25) is 0 Å². The van der Waals surface area contributed by atoms with Gasteiger partial charge in [-0.25, -0.2) is 13.8 Å². The van der Waals surface area contributed by atoms with Crippen LogP contribution >= 0.6 is 15.9 Å². The van der Waals surface area contributed by atoms with Gasteiger partial charge in [-0.15, -0.1) is 0 Å². The van der Waals surface area contributed by atoms with Crippen LogP contribution in [0.25, 0.3) is 11.0 Å².